The molecule has 0 spiro atoms. The van der Waals surface area contributed by atoms with E-state index in [1.807, 2.05) is 0 Å². The molecule has 4 aliphatic carbocycles. The van der Waals surface area contributed by atoms with Crippen LogP contribution in [0.1, 0.15) is 47.0 Å². The van der Waals surface area contributed by atoms with E-state index in [2.05, 4.69) is 27.7 Å². The van der Waals surface area contributed by atoms with Gasteiger partial charge in [-0.3, -0.25) is 0 Å². The number of fused-ring (bicyclic) bond motifs is 2. The largest absolute Gasteiger partial charge is 0.330 e. The second-order valence-electron chi connectivity index (χ2n) is 7.79. The van der Waals surface area contributed by atoms with E-state index in [-0.39, 0.29) is 0 Å². The molecule has 4 fully saturated rings. The average Bonchev–Trinajstić information content (AvgIpc) is 2.80. The Kier molecular flexibility index (Phi) is 2.11. The van der Waals surface area contributed by atoms with Gasteiger partial charge in [0.15, 0.2) is 0 Å². The molecule has 2 N–H and O–H groups in total. The highest BCUT2D eigenvalue weighted by Gasteiger charge is 2.66. The van der Waals surface area contributed by atoms with E-state index in [1.165, 1.54) is 19.3 Å². The highest BCUT2D eigenvalue weighted by atomic mass is 14.7. The van der Waals surface area contributed by atoms with E-state index in [0.717, 1.165) is 36.1 Å². The van der Waals surface area contributed by atoms with Crippen molar-refractivity contribution in [2.75, 3.05) is 6.54 Å². The Bertz CT molecular complexity index is 303. The highest BCUT2D eigenvalue weighted by Crippen LogP contribution is 2.71. The fraction of sp³-hybridized carbons (Fsp3) is 1.00. The SMILES string of the molecule is CC1(C)[C@H](CN)[C@H]1C1CC[C@H]2C[C@@H]1C2(C)C. The summed E-state index contributed by atoms with van der Waals surface area (Å²) in [6.07, 6.45) is 4.49. The third kappa shape index (κ3) is 1.16. The lowest BCUT2D eigenvalue weighted by molar-refractivity contribution is -0.114. The van der Waals surface area contributed by atoms with Gasteiger partial charge in [-0.15, -0.1) is 0 Å². The van der Waals surface area contributed by atoms with Crippen LogP contribution in [0.15, 0.2) is 0 Å². The van der Waals surface area contributed by atoms with E-state index < -0.39 is 0 Å². The molecule has 0 aromatic heterocycles. The van der Waals surface area contributed by atoms with E-state index >= 15 is 0 Å². The quantitative estimate of drug-likeness (QED) is 0.761. The molecule has 0 amide bonds. The minimum Gasteiger partial charge on any atom is -0.330 e. The van der Waals surface area contributed by atoms with Gasteiger partial charge in [0.2, 0.25) is 0 Å². The molecule has 4 saturated carbocycles. The summed E-state index contributed by atoms with van der Waals surface area (Å²) in [6.45, 7) is 10.8. The second-order valence-corrected chi connectivity index (χ2v) is 7.79. The first kappa shape index (κ1) is 11.1. The van der Waals surface area contributed by atoms with Crippen LogP contribution in [0.2, 0.25) is 0 Å². The molecule has 0 heterocycles. The molecule has 2 bridgehead atoms. The van der Waals surface area contributed by atoms with E-state index in [1.54, 1.807) is 0 Å². The van der Waals surface area contributed by atoms with Gasteiger partial charge in [0.25, 0.3) is 0 Å². The normalized spacial score (nSPS) is 51.9. The maximum atomic E-state index is 5.93. The van der Waals surface area contributed by atoms with Gasteiger partial charge in [0.05, 0.1) is 0 Å². The molecular weight excluding hydrogens is 194 g/mol. The van der Waals surface area contributed by atoms with Gasteiger partial charge in [-0.1, -0.05) is 27.7 Å². The van der Waals surface area contributed by atoms with Gasteiger partial charge < -0.3 is 5.73 Å². The summed E-state index contributed by atoms with van der Waals surface area (Å²) in [5.41, 5.74) is 7.11. The second kappa shape index (κ2) is 3.04. The molecule has 1 unspecified atom stereocenters. The molecule has 1 nitrogen and oxygen atoms in total. The minimum absolute atomic E-state index is 0.540. The van der Waals surface area contributed by atoms with E-state index in [0.29, 0.717) is 10.8 Å². The fourth-order valence-electron chi connectivity index (χ4n) is 5.38. The standard InChI is InChI=1S/C15H27N/c1-14(2)9-5-6-10(11(14)7-9)13-12(8-16)15(13,3)4/h9-13H,5-8,16H2,1-4H3/t9-,10?,11-,12+,13+/m0/s1. The Morgan fingerprint density at radius 1 is 1.06 bits per heavy atom. The molecule has 92 valence electrons. The van der Waals surface area contributed by atoms with Crippen LogP contribution < -0.4 is 5.73 Å². The van der Waals surface area contributed by atoms with E-state index in [4.69, 9.17) is 5.73 Å². The van der Waals surface area contributed by atoms with Crippen molar-refractivity contribution in [1.29, 1.82) is 0 Å². The molecule has 0 aliphatic heterocycles. The summed E-state index contributed by atoms with van der Waals surface area (Å²) in [7, 11) is 0. The van der Waals surface area contributed by atoms with Crippen molar-refractivity contribution in [2.45, 2.75) is 47.0 Å². The van der Waals surface area contributed by atoms with Gasteiger partial charge in [-0.05, 0) is 66.2 Å². The maximum absolute atomic E-state index is 5.93. The van der Waals surface area contributed by atoms with Crippen LogP contribution in [0, 0.1) is 40.4 Å². The molecule has 5 atom stereocenters. The minimum atomic E-state index is 0.540. The monoisotopic (exact) mass is 221 g/mol. The van der Waals surface area contributed by atoms with Gasteiger partial charge >= 0.3 is 0 Å². The first-order valence-electron chi connectivity index (χ1n) is 7.10. The van der Waals surface area contributed by atoms with Crippen molar-refractivity contribution < 1.29 is 0 Å². The summed E-state index contributed by atoms with van der Waals surface area (Å²) >= 11 is 0. The Hall–Kier alpha value is -0.0400. The maximum Gasteiger partial charge on any atom is -0.00407 e. The zero-order valence-corrected chi connectivity index (χ0v) is 11.3. The van der Waals surface area contributed by atoms with Crippen molar-refractivity contribution in [2.24, 2.45) is 46.2 Å². The molecular formula is C15H27N. The van der Waals surface area contributed by atoms with Gasteiger partial charge in [0.1, 0.15) is 0 Å². The van der Waals surface area contributed by atoms with Crippen LogP contribution in [0.3, 0.4) is 0 Å². The fourth-order valence-corrected chi connectivity index (χ4v) is 5.38. The van der Waals surface area contributed by atoms with Gasteiger partial charge in [0, 0.05) is 0 Å². The number of hydrogen-bond acceptors (Lipinski definition) is 1. The first-order chi connectivity index (χ1) is 7.40. The predicted molar refractivity (Wildman–Crippen MR) is 67.9 cm³/mol. The van der Waals surface area contributed by atoms with Crippen molar-refractivity contribution in [3.63, 3.8) is 0 Å². The van der Waals surface area contributed by atoms with Gasteiger partial charge in [-0.2, -0.15) is 0 Å². The number of hydrogen-bond donors (Lipinski definition) is 1. The molecule has 1 heteroatoms. The molecule has 0 aromatic rings. The Labute approximate surface area is 100 Å². The Balaban J connectivity index is 1.78. The summed E-state index contributed by atoms with van der Waals surface area (Å²) in [5, 5.41) is 0. The summed E-state index contributed by atoms with van der Waals surface area (Å²) in [6, 6.07) is 0. The van der Waals surface area contributed by atoms with Crippen molar-refractivity contribution in [3.05, 3.63) is 0 Å². The van der Waals surface area contributed by atoms with Crippen LogP contribution in [0.4, 0.5) is 0 Å². The predicted octanol–water partition coefficient (Wildman–Crippen LogP) is 3.29. The van der Waals surface area contributed by atoms with Crippen molar-refractivity contribution in [1.82, 2.24) is 0 Å². The first-order valence-corrected chi connectivity index (χ1v) is 7.10. The summed E-state index contributed by atoms with van der Waals surface area (Å²) in [4.78, 5) is 0. The van der Waals surface area contributed by atoms with Gasteiger partial charge in [-0.25, -0.2) is 0 Å². The van der Waals surface area contributed by atoms with Crippen LogP contribution in [-0.4, -0.2) is 6.54 Å². The van der Waals surface area contributed by atoms with Crippen molar-refractivity contribution >= 4 is 0 Å². The molecule has 4 rings (SSSR count). The van der Waals surface area contributed by atoms with Crippen molar-refractivity contribution in [3.8, 4) is 0 Å². The van der Waals surface area contributed by atoms with Crippen LogP contribution in [-0.2, 0) is 0 Å². The Morgan fingerprint density at radius 3 is 2.19 bits per heavy atom. The Morgan fingerprint density at radius 2 is 1.75 bits per heavy atom. The third-order valence-corrected chi connectivity index (χ3v) is 6.77. The third-order valence-electron chi connectivity index (χ3n) is 6.77. The molecule has 4 aliphatic rings. The lowest BCUT2D eigenvalue weighted by Crippen LogP contribution is -2.53. The van der Waals surface area contributed by atoms with Crippen LogP contribution in [0.25, 0.3) is 0 Å². The topological polar surface area (TPSA) is 26.0 Å². The lowest BCUT2D eigenvalue weighted by Gasteiger charge is -2.60. The zero-order chi connectivity index (χ0) is 11.7. The summed E-state index contributed by atoms with van der Waals surface area (Å²) < 4.78 is 0. The summed E-state index contributed by atoms with van der Waals surface area (Å²) in [5.74, 6) is 4.77. The number of nitrogens with two attached hydrogens (primary N) is 1. The van der Waals surface area contributed by atoms with E-state index in [9.17, 15) is 0 Å². The molecule has 0 aromatic carbocycles. The zero-order valence-electron chi connectivity index (χ0n) is 11.3. The number of rotatable bonds is 2. The van der Waals surface area contributed by atoms with Crippen LogP contribution in [0.5, 0.6) is 0 Å². The lowest BCUT2D eigenvalue weighted by atomic mass is 9.44. The molecule has 16 heavy (non-hydrogen) atoms. The molecule has 0 saturated heterocycles. The smallest absolute Gasteiger partial charge is 0.00407 e. The van der Waals surface area contributed by atoms with Crippen LogP contribution >= 0.6 is 0 Å². The highest BCUT2D eigenvalue weighted by molar-refractivity contribution is 5.14. The molecule has 0 radical (unpaired) electrons. The average molecular weight is 221 g/mol.